The van der Waals surface area contributed by atoms with E-state index in [9.17, 15) is 9.59 Å². The minimum atomic E-state index is -0.484. The molecule has 0 aliphatic carbocycles. The number of amides is 2. The van der Waals surface area contributed by atoms with Crippen molar-refractivity contribution in [3.8, 4) is 0 Å². The van der Waals surface area contributed by atoms with Crippen molar-refractivity contribution in [3.05, 3.63) is 53.7 Å². The summed E-state index contributed by atoms with van der Waals surface area (Å²) in [6.45, 7) is 2.93. The summed E-state index contributed by atoms with van der Waals surface area (Å²) >= 11 is 0. The van der Waals surface area contributed by atoms with E-state index in [4.69, 9.17) is 4.42 Å². The topological polar surface area (TPSA) is 80.4 Å². The van der Waals surface area contributed by atoms with Gasteiger partial charge in [0.2, 0.25) is 5.91 Å². The fraction of sp³-hybridized carbons (Fsp3) is 0.381. The van der Waals surface area contributed by atoms with Crippen LogP contribution in [0, 0.1) is 6.92 Å². The van der Waals surface area contributed by atoms with Crippen LogP contribution in [-0.4, -0.2) is 38.9 Å². The molecular weight excluding hydrogens is 356 g/mol. The van der Waals surface area contributed by atoms with Crippen LogP contribution in [0.1, 0.15) is 41.2 Å². The van der Waals surface area contributed by atoms with Gasteiger partial charge in [-0.1, -0.05) is 12.1 Å². The molecule has 4 rings (SSSR count). The van der Waals surface area contributed by atoms with Crippen LogP contribution in [0.5, 0.6) is 0 Å². The lowest BCUT2D eigenvalue weighted by molar-refractivity contribution is -0.126. The smallest absolute Gasteiger partial charge is 0.290 e. The molecule has 7 nitrogen and oxygen atoms in total. The molecule has 1 N–H and O–H groups in total. The van der Waals surface area contributed by atoms with Gasteiger partial charge in [-0.3, -0.25) is 9.59 Å². The Morgan fingerprint density at radius 1 is 1.25 bits per heavy atom. The molecule has 2 aromatic heterocycles. The number of fused-ring (bicyclic) bond motifs is 1. The number of aromatic nitrogens is 2. The molecule has 1 atom stereocenters. The van der Waals surface area contributed by atoms with Crippen molar-refractivity contribution in [2.45, 2.75) is 38.8 Å². The Kier molecular flexibility index (Phi) is 4.90. The quantitative estimate of drug-likeness (QED) is 0.755. The molecule has 0 spiro atoms. The molecule has 1 saturated heterocycles. The number of imidazole rings is 1. The highest BCUT2D eigenvalue weighted by Gasteiger charge is 2.33. The summed E-state index contributed by atoms with van der Waals surface area (Å²) in [5, 5.41) is 2.97. The molecule has 0 radical (unpaired) electrons. The molecule has 7 heteroatoms. The van der Waals surface area contributed by atoms with Crippen molar-refractivity contribution >= 4 is 22.8 Å². The molecule has 1 fully saturated rings. The summed E-state index contributed by atoms with van der Waals surface area (Å²) in [6, 6.07) is 8.83. The zero-order chi connectivity index (χ0) is 19.7. The predicted octanol–water partition coefficient (Wildman–Crippen LogP) is 2.79. The minimum absolute atomic E-state index is 0.150. The highest BCUT2D eigenvalue weighted by atomic mass is 16.3. The van der Waals surface area contributed by atoms with Crippen LogP contribution in [0.15, 0.2) is 41.0 Å². The molecule has 1 aliphatic heterocycles. The van der Waals surface area contributed by atoms with Gasteiger partial charge >= 0.3 is 0 Å². The Morgan fingerprint density at radius 3 is 2.86 bits per heavy atom. The average molecular weight is 380 g/mol. The van der Waals surface area contributed by atoms with Gasteiger partial charge in [-0.05, 0) is 49.9 Å². The number of nitrogens with zero attached hydrogens (tertiary/aromatic N) is 3. The summed E-state index contributed by atoms with van der Waals surface area (Å²) in [7, 11) is 1.96. The average Bonchev–Trinajstić information content (AvgIpc) is 3.35. The minimum Gasteiger partial charge on any atom is -0.459 e. The molecule has 0 saturated carbocycles. The molecule has 3 aromatic rings. The van der Waals surface area contributed by atoms with Gasteiger partial charge < -0.3 is 19.2 Å². The van der Waals surface area contributed by atoms with E-state index >= 15 is 0 Å². The Labute approximate surface area is 163 Å². The second-order valence-electron chi connectivity index (χ2n) is 7.23. The molecule has 3 heterocycles. The number of aryl methyl sites for hydroxylation is 2. The number of furan rings is 1. The Morgan fingerprint density at radius 2 is 2.11 bits per heavy atom. The zero-order valence-electron chi connectivity index (χ0n) is 16.1. The van der Waals surface area contributed by atoms with Crippen LogP contribution in [-0.2, 0) is 18.4 Å². The van der Waals surface area contributed by atoms with Crippen molar-refractivity contribution in [1.82, 2.24) is 19.8 Å². The zero-order valence-corrected chi connectivity index (χ0v) is 16.1. The fourth-order valence-electron chi connectivity index (χ4n) is 3.94. The van der Waals surface area contributed by atoms with E-state index < -0.39 is 6.04 Å². The van der Waals surface area contributed by atoms with Gasteiger partial charge in [0.05, 0.1) is 23.8 Å². The van der Waals surface area contributed by atoms with Gasteiger partial charge in [-0.2, -0.15) is 0 Å². The van der Waals surface area contributed by atoms with Gasteiger partial charge in [-0.15, -0.1) is 0 Å². The van der Waals surface area contributed by atoms with Crippen LogP contribution >= 0.6 is 0 Å². The lowest BCUT2D eigenvalue weighted by Gasteiger charge is -2.34. The van der Waals surface area contributed by atoms with Gasteiger partial charge in [-0.25, -0.2) is 4.98 Å². The molecule has 1 aromatic carbocycles. The molecule has 1 aliphatic rings. The van der Waals surface area contributed by atoms with Crippen LogP contribution in [0.25, 0.3) is 11.0 Å². The molecule has 2 amide bonds. The van der Waals surface area contributed by atoms with E-state index in [1.54, 1.807) is 17.0 Å². The summed E-state index contributed by atoms with van der Waals surface area (Å²) in [4.78, 5) is 31.8. The number of rotatable bonds is 4. The molecule has 146 valence electrons. The van der Waals surface area contributed by atoms with E-state index in [2.05, 4.69) is 10.3 Å². The van der Waals surface area contributed by atoms with Crippen molar-refractivity contribution < 1.29 is 14.0 Å². The van der Waals surface area contributed by atoms with Crippen molar-refractivity contribution in [3.63, 3.8) is 0 Å². The summed E-state index contributed by atoms with van der Waals surface area (Å²) in [5.41, 5.74) is 3.13. The highest BCUT2D eigenvalue weighted by Crippen LogP contribution is 2.21. The first-order valence-electron chi connectivity index (χ1n) is 9.59. The second-order valence-corrected chi connectivity index (χ2v) is 7.23. The van der Waals surface area contributed by atoms with E-state index in [0.717, 1.165) is 35.3 Å². The number of nitrogens with one attached hydrogen (secondary N) is 1. The first-order valence-corrected chi connectivity index (χ1v) is 9.59. The maximum absolute atomic E-state index is 12.9. The lowest BCUT2D eigenvalue weighted by atomic mass is 10.0. The number of piperidine rings is 1. The first-order chi connectivity index (χ1) is 13.6. The number of benzene rings is 1. The summed E-state index contributed by atoms with van der Waals surface area (Å²) in [5.74, 6) is 0.675. The standard InChI is InChI=1S/C21H24N4O3/c1-14-7-5-8-15-19(14)24(2)18(23-15)13-22-20(26)16-9-3-4-11-25(16)21(27)17-10-6-12-28-17/h5-8,10,12,16H,3-4,9,11,13H2,1-2H3,(H,22,26). The third-order valence-corrected chi connectivity index (χ3v) is 5.41. The van der Waals surface area contributed by atoms with Gasteiger partial charge in [0, 0.05) is 13.6 Å². The van der Waals surface area contributed by atoms with E-state index in [1.165, 1.54) is 6.26 Å². The Bertz CT molecular complexity index is 1010. The Balaban J connectivity index is 1.49. The highest BCUT2D eigenvalue weighted by molar-refractivity contribution is 5.95. The molecular formula is C21H24N4O3. The van der Waals surface area contributed by atoms with Gasteiger partial charge in [0.1, 0.15) is 11.9 Å². The lowest BCUT2D eigenvalue weighted by Crippen LogP contribution is -2.51. The van der Waals surface area contributed by atoms with Crippen molar-refractivity contribution in [1.29, 1.82) is 0 Å². The van der Waals surface area contributed by atoms with Crippen molar-refractivity contribution in [2.75, 3.05) is 6.54 Å². The Hall–Kier alpha value is -3.09. The van der Waals surface area contributed by atoms with Crippen LogP contribution in [0.2, 0.25) is 0 Å². The molecule has 28 heavy (non-hydrogen) atoms. The SMILES string of the molecule is Cc1cccc2nc(CNC(=O)C3CCCCN3C(=O)c3ccco3)n(C)c12. The number of carbonyl (C=O) groups is 2. The number of hydrogen-bond acceptors (Lipinski definition) is 4. The van der Waals surface area contributed by atoms with Crippen LogP contribution in [0.3, 0.4) is 0 Å². The van der Waals surface area contributed by atoms with Crippen LogP contribution in [0.4, 0.5) is 0 Å². The predicted molar refractivity (Wildman–Crippen MR) is 105 cm³/mol. The number of likely N-dealkylation sites (tertiary alicyclic amines) is 1. The van der Waals surface area contributed by atoms with Gasteiger partial charge in [0.25, 0.3) is 5.91 Å². The van der Waals surface area contributed by atoms with E-state index in [1.807, 2.05) is 36.7 Å². The van der Waals surface area contributed by atoms with Crippen LogP contribution < -0.4 is 5.32 Å². The summed E-state index contributed by atoms with van der Waals surface area (Å²) < 4.78 is 7.24. The fourth-order valence-corrected chi connectivity index (χ4v) is 3.94. The van der Waals surface area contributed by atoms with Crippen molar-refractivity contribution in [2.24, 2.45) is 7.05 Å². The van der Waals surface area contributed by atoms with E-state index in [0.29, 0.717) is 19.5 Å². The number of carbonyl (C=O) groups excluding carboxylic acids is 2. The molecule has 1 unspecified atom stereocenters. The normalized spacial score (nSPS) is 17.1. The number of para-hydroxylation sites is 1. The van der Waals surface area contributed by atoms with E-state index in [-0.39, 0.29) is 17.6 Å². The maximum atomic E-state index is 12.9. The third-order valence-electron chi connectivity index (χ3n) is 5.41. The largest absolute Gasteiger partial charge is 0.459 e. The number of hydrogen-bond donors (Lipinski definition) is 1. The van der Waals surface area contributed by atoms with Gasteiger partial charge in [0.15, 0.2) is 5.76 Å². The maximum Gasteiger partial charge on any atom is 0.290 e. The monoisotopic (exact) mass is 380 g/mol. The second kappa shape index (κ2) is 7.50. The summed E-state index contributed by atoms with van der Waals surface area (Å²) in [6.07, 6.45) is 3.94. The first kappa shape index (κ1) is 18.3. The third kappa shape index (κ3) is 3.28. The molecule has 0 bridgehead atoms.